The van der Waals surface area contributed by atoms with Crippen LogP contribution >= 0.6 is 0 Å². The van der Waals surface area contributed by atoms with Gasteiger partial charge in [-0.2, -0.15) is 0 Å². The third kappa shape index (κ3) is 20.0. The molecule has 0 radical (unpaired) electrons. The molecule has 434 valence electrons. The number of nitrogens with one attached hydrogen (secondary N) is 8. The van der Waals surface area contributed by atoms with Gasteiger partial charge in [-0.15, -0.1) is 0 Å². The second-order valence-corrected chi connectivity index (χ2v) is 20.7. The number of aromatic amines is 1. The molecule has 1 aliphatic rings. The third-order valence-electron chi connectivity index (χ3n) is 13.9. The van der Waals surface area contributed by atoms with Crippen LogP contribution in [0.5, 0.6) is 11.5 Å². The maximum absolute atomic E-state index is 14.8. The zero-order valence-corrected chi connectivity index (χ0v) is 45.6. The molecule has 0 spiro atoms. The van der Waals surface area contributed by atoms with Crippen molar-refractivity contribution in [2.24, 2.45) is 17.6 Å². The van der Waals surface area contributed by atoms with Gasteiger partial charge in [-0.05, 0) is 111 Å². The number of primary amides is 1. The summed E-state index contributed by atoms with van der Waals surface area (Å²) in [7, 11) is 0. The molecular formula is C57H78N10O13. The van der Waals surface area contributed by atoms with Gasteiger partial charge < -0.3 is 73.3 Å². The average molecular weight is 1110 g/mol. The number of aliphatic carboxylic acids is 1. The SMILES string of the molecule is CC[C@H]1CCCCNCCCCN(CC(=O)N[C@@H](Cc2ccc(O)cc2)C(=O)O)C(=O)[C@H](CC(C)C)NC(=O)C(Cc2ccc(O)cc2)NC(=O)[C@H](CCC(N)=O)NC(=O)C(CO)NC(=O)[C@H](Cc2c[nH]c3ccccc23)NC1=O. The lowest BCUT2D eigenvalue weighted by Gasteiger charge is -2.30. The second kappa shape index (κ2) is 31.5. The topological polar surface area (TPSA) is 364 Å². The summed E-state index contributed by atoms with van der Waals surface area (Å²) in [5.74, 6) is -8.59. The molecule has 2 unspecified atom stereocenters. The van der Waals surface area contributed by atoms with Gasteiger partial charge in [-0.3, -0.25) is 38.4 Å². The number of rotatable bonds is 17. The lowest BCUT2D eigenvalue weighted by atomic mass is 9.96. The minimum absolute atomic E-state index is 0.00230. The molecule has 8 amide bonds. The Bertz CT molecular complexity index is 2730. The Kier molecular flexibility index (Phi) is 24.7. The fraction of sp³-hybridized carbons (Fsp3) is 0.491. The first kappa shape index (κ1) is 62.8. The minimum atomic E-state index is -1.69. The van der Waals surface area contributed by atoms with E-state index in [-0.39, 0.29) is 49.6 Å². The molecule has 80 heavy (non-hydrogen) atoms. The Labute approximate surface area is 465 Å². The number of carboxylic acid groups (broad SMARTS) is 1. The van der Waals surface area contributed by atoms with Crippen molar-refractivity contribution in [2.75, 3.05) is 32.8 Å². The van der Waals surface area contributed by atoms with Crippen molar-refractivity contribution in [1.82, 2.24) is 47.1 Å². The lowest BCUT2D eigenvalue weighted by molar-refractivity contribution is -0.143. The number of carboxylic acids is 1. The highest BCUT2D eigenvalue weighted by Gasteiger charge is 2.35. The molecule has 1 fully saturated rings. The van der Waals surface area contributed by atoms with Gasteiger partial charge in [0.1, 0.15) is 47.8 Å². The fourth-order valence-corrected chi connectivity index (χ4v) is 9.44. The molecule has 0 bridgehead atoms. The minimum Gasteiger partial charge on any atom is -0.508 e. The molecule has 23 nitrogen and oxygen atoms in total. The zero-order valence-electron chi connectivity index (χ0n) is 45.6. The van der Waals surface area contributed by atoms with Crippen LogP contribution in [0, 0.1) is 11.8 Å². The number of fused-ring (bicyclic) bond motifs is 1. The van der Waals surface area contributed by atoms with E-state index in [1.165, 1.54) is 53.4 Å². The molecule has 14 N–H and O–H groups in total. The Hall–Kier alpha value is -8.05. The first-order valence-corrected chi connectivity index (χ1v) is 27.3. The molecule has 4 aromatic rings. The number of hydrogen-bond donors (Lipinski definition) is 13. The maximum atomic E-state index is 14.8. The number of carbonyl (C=O) groups is 9. The molecule has 1 aliphatic heterocycles. The second-order valence-electron chi connectivity index (χ2n) is 20.7. The van der Waals surface area contributed by atoms with E-state index < -0.39 is 121 Å². The summed E-state index contributed by atoms with van der Waals surface area (Å²) in [5.41, 5.74) is 7.94. The first-order chi connectivity index (χ1) is 38.2. The molecule has 1 aromatic heterocycles. The molecular weight excluding hydrogens is 1030 g/mol. The number of H-pyrrole nitrogens is 1. The van der Waals surface area contributed by atoms with Crippen LogP contribution in [0.4, 0.5) is 0 Å². The van der Waals surface area contributed by atoms with E-state index in [4.69, 9.17) is 5.73 Å². The number of nitrogens with zero attached hydrogens (tertiary/aromatic N) is 1. The molecule has 2 heterocycles. The summed E-state index contributed by atoms with van der Waals surface area (Å²) in [5, 5.41) is 60.5. The van der Waals surface area contributed by atoms with E-state index in [0.717, 1.165) is 10.9 Å². The Morgan fingerprint density at radius 1 is 0.700 bits per heavy atom. The fourth-order valence-electron chi connectivity index (χ4n) is 9.44. The normalized spacial score (nSPS) is 21.5. The summed E-state index contributed by atoms with van der Waals surface area (Å²) in [6.07, 6.45) is 3.77. The van der Waals surface area contributed by atoms with Crippen LogP contribution < -0.4 is 43.0 Å². The van der Waals surface area contributed by atoms with Crippen LogP contribution in [0.3, 0.4) is 0 Å². The number of amides is 8. The monoisotopic (exact) mass is 1110 g/mol. The molecule has 3 aromatic carbocycles. The van der Waals surface area contributed by atoms with Crippen molar-refractivity contribution in [3.63, 3.8) is 0 Å². The number of phenols is 2. The van der Waals surface area contributed by atoms with E-state index in [0.29, 0.717) is 68.3 Å². The first-order valence-electron chi connectivity index (χ1n) is 27.3. The van der Waals surface area contributed by atoms with Crippen LogP contribution in [-0.2, 0) is 62.4 Å². The van der Waals surface area contributed by atoms with Gasteiger partial charge in [0.2, 0.25) is 47.3 Å². The molecule has 0 saturated carbocycles. The van der Waals surface area contributed by atoms with Gasteiger partial charge >= 0.3 is 5.97 Å². The quantitative estimate of drug-likeness (QED) is 0.0710. The molecule has 5 rings (SSSR count). The van der Waals surface area contributed by atoms with E-state index in [1.54, 1.807) is 6.20 Å². The highest BCUT2D eigenvalue weighted by Crippen LogP contribution is 2.21. The van der Waals surface area contributed by atoms with Gasteiger partial charge in [0.15, 0.2) is 0 Å². The number of aliphatic hydroxyl groups excluding tert-OH is 1. The van der Waals surface area contributed by atoms with Crippen LogP contribution in [0.2, 0.25) is 0 Å². The van der Waals surface area contributed by atoms with Gasteiger partial charge in [0, 0.05) is 55.2 Å². The van der Waals surface area contributed by atoms with Crippen LogP contribution in [0.15, 0.2) is 79.0 Å². The summed E-state index contributed by atoms with van der Waals surface area (Å²) < 4.78 is 0. The van der Waals surface area contributed by atoms with E-state index >= 15 is 0 Å². The number of para-hydroxylation sites is 1. The predicted octanol–water partition coefficient (Wildman–Crippen LogP) is 1.31. The van der Waals surface area contributed by atoms with Gasteiger partial charge in [-0.1, -0.05) is 69.7 Å². The zero-order chi connectivity index (χ0) is 58.3. The van der Waals surface area contributed by atoms with Crippen LogP contribution in [0.1, 0.15) is 95.2 Å². The Morgan fingerprint density at radius 3 is 1.89 bits per heavy atom. The van der Waals surface area contributed by atoms with E-state index in [1.807, 2.05) is 45.0 Å². The van der Waals surface area contributed by atoms with E-state index in [9.17, 15) is 63.6 Å². The van der Waals surface area contributed by atoms with Crippen molar-refractivity contribution >= 4 is 64.1 Å². The summed E-state index contributed by atoms with van der Waals surface area (Å²) in [6.45, 7) is 5.06. The maximum Gasteiger partial charge on any atom is 0.326 e. The molecule has 7 atom stereocenters. The van der Waals surface area contributed by atoms with Crippen molar-refractivity contribution in [3.8, 4) is 11.5 Å². The van der Waals surface area contributed by atoms with Gasteiger partial charge in [0.05, 0.1) is 13.2 Å². The lowest BCUT2D eigenvalue weighted by Crippen LogP contribution is -2.60. The van der Waals surface area contributed by atoms with Crippen molar-refractivity contribution in [2.45, 2.75) is 134 Å². The van der Waals surface area contributed by atoms with Crippen molar-refractivity contribution in [1.29, 1.82) is 0 Å². The average Bonchev–Trinajstić information content (AvgIpc) is 3.84. The number of aliphatic hydroxyl groups is 1. The van der Waals surface area contributed by atoms with Gasteiger partial charge in [-0.25, -0.2) is 4.79 Å². The highest BCUT2D eigenvalue weighted by atomic mass is 16.4. The largest absolute Gasteiger partial charge is 0.508 e. The number of carbonyl (C=O) groups excluding carboxylic acids is 8. The van der Waals surface area contributed by atoms with Crippen LogP contribution in [-0.4, -0.2) is 153 Å². The third-order valence-corrected chi connectivity index (χ3v) is 13.9. The number of phenolic OH excluding ortho intramolecular Hbond substituents is 2. The summed E-state index contributed by atoms with van der Waals surface area (Å²) in [4.78, 5) is 129. The van der Waals surface area contributed by atoms with Crippen molar-refractivity contribution < 1.29 is 63.6 Å². The molecule has 0 aliphatic carbocycles. The smallest absolute Gasteiger partial charge is 0.326 e. The molecule has 1 saturated heterocycles. The number of benzene rings is 3. The number of aromatic nitrogens is 1. The highest BCUT2D eigenvalue weighted by molar-refractivity contribution is 5.98. The predicted molar refractivity (Wildman–Crippen MR) is 296 cm³/mol. The number of hydrogen-bond acceptors (Lipinski definition) is 13. The van der Waals surface area contributed by atoms with Crippen LogP contribution in [0.25, 0.3) is 10.9 Å². The summed E-state index contributed by atoms with van der Waals surface area (Å²) in [6, 6.07) is 10.2. The Morgan fingerprint density at radius 2 is 1.26 bits per heavy atom. The standard InChI is InChI=1S/C57H78N10O13/c1-4-37-11-7-8-24-59-25-9-10-26-67(32-50(72)61-47(57(79)80)29-36-16-20-40(70)21-17-36)56(78)46(27-34(2)3)65-53(75)44(28-35-14-18-39(69)19-15-35)64-52(74)43(22-23-49(58)71)62-55(77)48(33-68)66-54(76)45(63-51(37)73)30-38-31-60-42-13-6-5-12-41(38)42/h5-6,12-21,31,34,37,43-48,59-60,68-70H,4,7-11,22-30,32-33H2,1-3H3,(H2,58,71)(H,61,72)(H,62,77)(H,63,73)(H,64,74)(H,65,75)(H,66,76)(H,79,80)/t37-,43-,44?,45-,46-,47-,48?/m0/s1. The Balaban J connectivity index is 1.48. The number of aromatic hydroxyl groups is 2. The molecule has 23 heteroatoms. The summed E-state index contributed by atoms with van der Waals surface area (Å²) >= 11 is 0. The van der Waals surface area contributed by atoms with Crippen molar-refractivity contribution in [3.05, 3.63) is 95.7 Å². The number of nitrogens with two attached hydrogens (primary N) is 1. The van der Waals surface area contributed by atoms with E-state index in [2.05, 4.69) is 42.2 Å². The van der Waals surface area contributed by atoms with Gasteiger partial charge in [0.25, 0.3) is 0 Å².